The summed E-state index contributed by atoms with van der Waals surface area (Å²) in [4.78, 5) is 19.9. The summed E-state index contributed by atoms with van der Waals surface area (Å²) in [5, 5.41) is 24.3. The third-order valence-corrected chi connectivity index (χ3v) is 7.49. The van der Waals surface area contributed by atoms with Crippen molar-refractivity contribution < 1.29 is 19.0 Å². The number of carbonyl (C=O) groups is 1. The van der Waals surface area contributed by atoms with Crippen LogP contribution in [-0.4, -0.2) is 78.3 Å². The van der Waals surface area contributed by atoms with Crippen molar-refractivity contribution in [3.63, 3.8) is 0 Å². The maximum absolute atomic E-state index is 14.2. The van der Waals surface area contributed by atoms with Crippen LogP contribution in [0.4, 0.5) is 15.8 Å². The van der Waals surface area contributed by atoms with E-state index in [2.05, 4.69) is 31.0 Å². The number of phenols is 1. The summed E-state index contributed by atoms with van der Waals surface area (Å²) in [6.07, 6.45) is 8.70. The van der Waals surface area contributed by atoms with Crippen LogP contribution in [0.1, 0.15) is 46.9 Å². The van der Waals surface area contributed by atoms with Gasteiger partial charge in [-0.25, -0.2) is 13.9 Å². The van der Waals surface area contributed by atoms with Crippen LogP contribution in [-0.2, 0) is 11.2 Å². The number of nitrogens with zero attached hydrogens (tertiary/aromatic N) is 4. The van der Waals surface area contributed by atoms with Crippen LogP contribution in [0.25, 0.3) is 16.6 Å². The largest absolute Gasteiger partial charge is 0.505 e. The molecule has 0 bridgehead atoms. The Balaban J connectivity index is 0.000000670. The highest BCUT2D eigenvalue weighted by Crippen LogP contribution is 2.32. The van der Waals surface area contributed by atoms with Crippen molar-refractivity contribution in [2.45, 2.75) is 39.2 Å². The fraction of sp³-hybridized carbons (Fsp3) is 0.375. The minimum Gasteiger partial charge on any atom is -0.505 e. The predicted molar refractivity (Wildman–Crippen MR) is 172 cm³/mol. The van der Waals surface area contributed by atoms with Crippen LogP contribution in [0, 0.1) is 12.7 Å². The molecule has 1 aliphatic rings. The van der Waals surface area contributed by atoms with E-state index in [4.69, 9.17) is 10.5 Å². The van der Waals surface area contributed by atoms with Gasteiger partial charge in [-0.2, -0.15) is 5.10 Å². The number of anilines is 1. The van der Waals surface area contributed by atoms with E-state index in [1.165, 1.54) is 12.1 Å². The normalized spacial score (nSPS) is 14.8. The molecule has 0 saturated carbocycles. The first kappa shape index (κ1) is 32.5. The Morgan fingerprint density at radius 2 is 2.14 bits per heavy atom. The first-order valence-corrected chi connectivity index (χ1v) is 14.7. The molecule has 0 radical (unpaired) electrons. The number of nitrogens with one attached hydrogen (secondary N) is 3. The number of hydrogen-bond donors (Lipinski definition) is 5. The summed E-state index contributed by atoms with van der Waals surface area (Å²) in [6.45, 7) is 7.25. The molecule has 4 heterocycles. The van der Waals surface area contributed by atoms with Crippen LogP contribution >= 0.6 is 0 Å². The van der Waals surface area contributed by atoms with Gasteiger partial charge in [0, 0.05) is 55.8 Å². The Kier molecular flexibility index (Phi) is 11.4. The fourth-order valence-electron chi connectivity index (χ4n) is 5.06. The second-order valence-electron chi connectivity index (χ2n) is 10.6. The van der Waals surface area contributed by atoms with Gasteiger partial charge in [-0.1, -0.05) is 6.92 Å². The van der Waals surface area contributed by atoms with Crippen LogP contribution in [0.2, 0.25) is 0 Å². The number of pyridine rings is 1. The van der Waals surface area contributed by atoms with E-state index in [-0.39, 0.29) is 5.84 Å². The highest BCUT2D eigenvalue weighted by atomic mass is 19.1. The van der Waals surface area contributed by atoms with Gasteiger partial charge in [0.15, 0.2) is 17.9 Å². The summed E-state index contributed by atoms with van der Waals surface area (Å²) >= 11 is 0. The van der Waals surface area contributed by atoms with Crippen molar-refractivity contribution in [2.75, 3.05) is 45.7 Å². The number of rotatable bonds is 11. The van der Waals surface area contributed by atoms with E-state index in [1.54, 1.807) is 30.1 Å². The number of aliphatic imine (C=N–C) groups is 1. The number of aldehydes is 1. The highest BCUT2D eigenvalue weighted by Gasteiger charge is 2.19. The zero-order valence-corrected chi connectivity index (χ0v) is 25.7. The Bertz CT molecular complexity index is 1610. The molecule has 1 aliphatic heterocycles. The molecule has 1 saturated heterocycles. The van der Waals surface area contributed by atoms with Gasteiger partial charge in [-0.05, 0) is 69.1 Å². The van der Waals surface area contributed by atoms with Crippen LogP contribution < -0.4 is 21.7 Å². The number of halogens is 1. The van der Waals surface area contributed by atoms with Gasteiger partial charge in [-0.3, -0.25) is 9.78 Å². The summed E-state index contributed by atoms with van der Waals surface area (Å²) in [5.41, 5.74) is 12.8. The lowest BCUT2D eigenvalue weighted by Crippen LogP contribution is -2.30. The molecule has 1 fully saturated rings. The van der Waals surface area contributed by atoms with Gasteiger partial charge in [0.05, 0.1) is 35.3 Å². The molecule has 3 aromatic heterocycles. The smallest absolute Gasteiger partial charge is 0.168 e. The number of aryl methyl sites for hydroxylation is 2. The molecule has 4 aromatic rings. The van der Waals surface area contributed by atoms with E-state index in [0.29, 0.717) is 41.5 Å². The molecular formula is C32H41FN8O3. The maximum Gasteiger partial charge on any atom is 0.168 e. The van der Waals surface area contributed by atoms with Crippen molar-refractivity contribution >= 4 is 29.0 Å². The lowest BCUT2D eigenvalue weighted by molar-refractivity contribution is 0.111. The lowest BCUT2D eigenvalue weighted by atomic mass is 10.0. The van der Waals surface area contributed by atoms with Crippen molar-refractivity contribution in [1.82, 2.24) is 25.2 Å². The van der Waals surface area contributed by atoms with E-state index in [0.717, 1.165) is 66.7 Å². The summed E-state index contributed by atoms with van der Waals surface area (Å²) in [6, 6.07) is 6.64. The average molecular weight is 605 g/mol. The van der Waals surface area contributed by atoms with E-state index >= 15 is 0 Å². The number of benzene rings is 1. The molecule has 0 amide bonds. The molecule has 11 nitrogen and oxygen atoms in total. The molecule has 0 aliphatic carbocycles. The number of carbonyl (C=O) groups excluding carboxylic acids is 1. The van der Waals surface area contributed by atoms with E-state index in [1.807, 2.05) is 33.2 Å². The minimum atomic E-state index is -0.756. The topological polar surface area (TPSA) is 151 Å². The zero-order valence-electron chi connectivity index (χ0n) is 25.7. The second kappa shape index (κ2) is 15.4. The van der Waals surface area contributed by atoms with Crippen molar-refractivity contribution in [1.29, 1.82) is 0 Å². The molecule has 1 aromatic carbocycles. The summed E-state index contributed by atoms with van der Waals surface area (Å²) in [7, 11) is 3.59. The number of likely N-dealkylation sites (N-methyl/N-ethyl adjacent to an activating group) is 1. The SMILES string of the molecule is CCc1cc(O)c(F)cc1N=C(N)c1cnn2cc(-c3cnc(C=O)cc3C)cc2c1NCC1CCCN1.CNCCOC. The minimum absolute atomic E-state index is 0.178. The number of nitrogens with two attached hydrogens (primary N) is 1. The Morgan fingerprint density at radius 1 is 1.32 bits per heavy atom. The first-order chi connectivity index (χ1) is 21.3. The van der Waals surface area contributed by atoms with Crippen molar-refractivity contribution in [2.24, 2.45) is 10.7 Å². The number of aromatic hydroxyl groups is 1. The Labute approximate surface area is 256 Å². The molecule has 0 spiro atoms. The third-order valence-electron chi connectivity index (χ3n) is 7.49. The Hall–Kier alpha value is -4.39. The van der Waals surface area contributed by atoms with Gasteiger partial charge in [0.2, 0.25) is 0 Å². The second-order valence-corrected chi connectivity index (χ2v) is 10.6. The maximum atomic E-state index is 14.2. The third kappa shape index (κ3) is 7.76. The highest BCUT2D eigenvalue weighted by molar-refractivity contribution is 6.06. The number of phenolic OH excluding ortho intramolecular Hbond substituents is 1. The molecule has 12 heteroatoms. The van der Waals surface area contributed by atoms with Crippen LogP contribution in [0.5, 0.6) is 5.75 Å². The molecule has 1 unspecified atom stereocenters. The first-order valence-electron chi connectivity index (χ1n) is 14.7. The van der Waals surface area contributed by atoms with Crippen molar-refractivity contribution in [3.05, 3.63) is 71.1 Å². The van der Waals surface area contributed by atoms with E-state index in [9.17, 15) is 14.3 Å². The molecule has 1 atom stereocenters. The number of fused-ring (bicyclic) bond motifs is 1. The van der Waals surface area contributed by atoms with E-state index < -0.39 is 11.6 Å². The monoisotopic (exact) mass is 604 g/mol. The molecular weight excluding hydrogens is 563 g/mol. The van der Waals surface area contributed by atoms with Gasteiger partial charge in [-0.15, -0.1) is 0 Å². The fourth-order valence-corrected chi connectivity index (χ4v) is 5.06. The Morgan fingerprint density at radius 3 is 2.77 bits per heavy atom. The van der Waals surface area contributed by atoms with Crippen LogP contribution in [0.15, 0.2) is 47.8 Å². The summed E-state index contributed by atoms with van der Waals surface area (Å²) < 4.78 is 20.6. The quantitative estimate of drug-likeness (QED) is 0.0741. The van der Waals surface area contributed by atoms with Crippen molar-refractivity contribution in [3.8, 4) is 16.9 Å². The molecule has 5 rings (SSSR count). The summed E-state index contributed by atoms with van der Waals surface area (Å²) in [5.74, 6) is -0.994. The number of aromatic nitrogens is 3. The van der Waals surface area contributed by atoms with Gasteiger partial charge >= 0.3 is 0 Å². The molecule has 6 N–H and O–H groups in total. The number of methoxy groups -OCH3 is 1. The number of ether oxygens (including phenoxy) is 1. The average Bonchev–Trinajstić information content (AvgIpc) is 3.71. The standard InChI is InChI=1S/C28H30FN7O2.C4H11NO/c1-3-17-9-26(38)23(29)10-24(17)35-28(30)22-13-34-36-14-18(21-12-32-20(15-37)7-16(21)2)8-25(36)27(22)33-11-19-5-4-6-31-19;1-5-3-4-6-2/h7-10,12-15,19,31,33,38H,3-6,11H2,1-2H3,(H2,30,35);5H,3-4H2,1-2H3. The van der Waals surface area contributed by atoms with Gasteiger partial charge in [0.25, 0.3) is 0 Å². The number of hydrogen-bond acceptors (Lipinski definition) is 9. The lowest BCUT2D eigenvalue weighted by Gasteiger charge is -2.17. The van der Waals surface area contributed by atoms with Crippen LogP contribution in [0.3, 0.4) is 0 Å². The number of amidine groups is 1. The van der Waals surface area contributed by atoms with Gasteiger partial charge < -0.3 is 31.5 Å². The molecule has 44 heavy (non-hydrogen) atoms. The van der Waals surface area contributed by atoms with Gasteiger partial charge in [0.1, 0.15) is 11.5 Å². The molecule has 234 valence electrons. The predicted octanol–water partition coefficient (Wildman–Crippen LogP) is 3.98. The zero-order chi connectivity index (χ0) is 31.6.